The van der Waals surface area contributed by atoms with Crippen LogP contribution in [0.5, 0.6) is 0 Å². The third kappa shape index (κ3) is 3.45. The summed E-state index contributed by atoms with van der Waals surface area (Å²) in [6.07, 6.45) is 1.71. The lowest BCUT2D eigenvalue weighted by Gasteiger charge is -2.10. The van der Waals surface area contributed by atoms with Gasteiger partial charge in [-0.1, -0.05) is 23.7 Å². The quantitative estimate of drug-likeness (QED) is 0.546. The number of rotatable bonds is 4. The van der Waals surface area contributed by atoms with Crippen LogP contribution in [0.25, 0.3) is 22.3 Å². The van der Waals surface area contributed by atoms with Crippen molar-refractivity contribution in [2.75, 3.05) is 0 Å². The summed E-state index contributed by atoms with van der Waals surface area (Å²) < 4.78 is 0. The number of carbonyl (C=O) groups excluding carboxylic acids is 1. The number of fused-ring (bicyclic) bond motifs is 1. The fourth-order valence-electron chi connectivity index (χ4n) is 2.71. The molecule has 6 heteroatoms. The van der Waals surface area contributed by atoms with Crippen LogP contribution in [-0.4, -0.2) is 15.9 Å². The predicted octanol–water partition coefficient (Wildman–Crippen LogP) is 4.94. The van der Waals surface area contributed by atoms with Crippen molar-refractivity contribution in [2.24, 2.45) is 0 Å². The minimum atomic E-state index is -0.162. The number of halogens is 1. The molecule has 0 unspecified atom stereocenters. The molecule has 0 saturated heterocycles. The smallest absolute Gasteiger partial charge is 0.252 e. The fraction of sp³-hybridized carbons (Fsp3) is 0.0500. The Kier molecular flexibility index (Phi) is 4.65. The van der Waals surface area contributed by atoms with Gasteiger partial charge >= 0.3 is 0 Å². The Bertz CT molecular complexity index is 1070. The molecule has 4 nitrogen and oxygen atoms in total. The van der Waals surface area contributed by atoms with Crippen LogP contribution in [-0.2, 0) is 6.54 Å². The van der Waals surface area contributed by atoms with Gasteiger partial charge in [-0.3, -0.25) is 9.78 Å². The topological polar surface area (TPSA) is 54.9 Å². The van der Waals surface area contributed by atoms with Gasteiger partial charge in [0.1, 0.15) is 0 Å². The molecule has 0 aliphatic carbocycles. The minimum absolute atomic E-state index is 0.162. The van der Waals surface area contributed by atoms with Crippen molar-refractivity contribution >= 4 is 39.7 Å². The maximum absolute atomic E-state index is 12.9. The first-order chi connectivity index (χ1) is 12.7. The second-order valence-corrected chi connectivity index (χ2v) is 7.16. The molecule has 26 heavy (non-hydrogen) atoms. The summed E-state index contributed by atoms with van der Waals surface area (Å²) in [7, 11) is 0. The van der Waals surface area contributed by atoms with Crippen LogP contribution in [0.2, 0.25) is 5.02 Å². The van der Waals surface area contributed by atoms with Gasteiger partial charge in [-0.25, -0.2) is 4.98 Å². The van der Waals surface area contributed by atoms with Gasteiger partial charge in [-0.2, -0.15) is 0 Å². The van der Waals surface area contributed by atoms with Crippen molar-refractivity contribution in [3.8, 4) is 11.4 Å². The maximum atomic E-state index is 12.9. The van der Waals surface area contributed by atoms with Gasteiger partial charge in [0.05, 0.1) is 29.0 Å². The van der Waals surface area contributed by atoms with E-state index < -0.39 is 0 Å². The highest BCUT2D eigenvalue weighted by Crippen LogP contribution is 2.26. The van der Waals surface area contributed by atoms with Gasteiger partial charge in [0.25, 0.3) is 5.91 Å². The monoisotopic (exact) mass is 379 g/mol. The summed E-state index contributed by atoms with van der Waals surface area (Å²) in [5.74, 6) is -0.162. The second kappa shape index (κ2) is 7.23. The average molecular weight is 380 g/mol. The third-order valence-electron chi connectivity index (χ3n) is 3.95. The number of hydrogen-bond donors (Lipinski definition) is 1. The molecule has 0 aliphatic rings. The Morgan fingerprint density at radius 3 is 2.77 bits per heavy atom. The van der Waals surface area contributed by atoms with E-state index in [0.29, 0.717) is 28.3 Å². The molecule has 3 aromatic heterocycles. The number of benzene rings is 1. The Balaban J connectivity index is 1.77. The van der Waals surface area contributed by atoms with E-state index >= 15 is 0 Å². The fourth-order valence-corrected chi connectivity index (χ4v) is 3.52. The molecule has 0 fully saturated rings. The van der Waals surface area contributed by atoms with Gasteiger partial charge in [0.15, 0.2) is 0 Å². The SMILES string of the molecule is O=C(NCc1cccs1)c1cc(-c2ccccn2)nc2ccc(Cl)cc12. The number of nitrogens with one attached hydrogen (secondary N) is 1. The number of amides is 1. The molecule has 0 saturated carbocycles. The van der Waals surface area contributed by atoms with Crippen LogP contribution < -0.4 is 5.32 Å². The summed E-state index contributed by atoms with van der Waals surface area (Å²) in [4.78, 5) is 22.9. The number of pyridine rings is 2. The van der Waals surface area contributed by atoms with E-state index in [4.69, 9.17) is 11.6 Å². The highest BCUT2D eigenvalue weighted by molar-refractivity contribution is 7.09. The Hall–Kier alpha value is -2.76. The van der Waals surface area contributed by atoms with Gasteiger partial charge in [-0.15, -0.1) is 11.3 Å². The van der Waals surface area contributed by atoms with E-state index in [-0.39, 0.29) is 5.91 Å². The second-order valence-electron chi connectivity index (χ2n) is 5.69. The van der Waals surface area contributed by atoms with E-state index in [1.54, 1.807) is 35.7 Å². The standard InChI is InChI=1S/C20H14ClN3OS/c21-13-6-7-17-15(10-13)16(20(25)23-12-14-4-3-9-26-14)11-19(24-17)18-5-1-2-8-22-18/h1-11H,12H2,(H,23,25). The first kappa shape index (κ1) is 16.7. The lowest BCUT2D eigenvalue weighted by molar-refractivity contribution is 0.0953. The Morgan fingerprint density at radius 1 is 1.08 bits per heavy atom. The van der Waals surface area contributed by atoms with Crippen molar-refractivity contribution in [3.63, 3.8) is 0 Å². The van der Waals surface area contributed by atoms with E-state index in [9.17, 15) is 4.79 Å². The van der Waals surface area contributed by atoms with Crippen molar-refractivity contribution in [3.05, 3.63) is 81.6 Å². The lowest BCUT2D eigenvalue weighted by atomic mass is 10.1. The normalized spacial score (nSPS) is 10.8. The summed E-state index contributed by atoms with van der Waals surface area (Å²) in [5.41, 5.74) is 2.62. The number of carbonyl (C=O) groups is 1. The highest BCUT2D eigenvalue weighted by Gasteiger charge is 2.15. The molecule has 0 aliphatic heterocycles. The lowest BCUT2D eigenvalue weighted by Crippen LogP contribution is -2.22. The summed E-state index contributed by atoms with van der Waals surface area (Å²) in [5, 5.41) is 6.25. The molecule has 1 amide bonds. The van der Waals surface area contributed by atoms with Gasteiger partial charge in [-0.05, 0) is 47.8 Å². The van der Waals surface area contributed by atoms with E-state index in [1.165, 1.54) is 0 Å². The molecule has 0 spiro atoms. The highest BCUT2D eigenvalue weighted by atomic mass is 35.5. The van der Waals surface area contributed by atoms with Gasteiger partial charge in [0, 0.05) is 21.5 Å². The molecule has 0 atom stereocenters. The minimum Gasteiger partial charge on any atom is -0.347 e. The molecule has 1 aromatic carbocycles. The molecule has 3 heterocycles. The van der Waals surface area contributed by atoms with Gasteiger partial charge in [0.2, 0.25) is 0 Å². The molecular weight excluding hydrogens is 366 g/mol. The third-order valence-corrected chi connectivity index (χ3v) is 5.06. The Morgan fingerprint density at radius 2 is 2.00 bits per heavy atom. The van der Waals surface area contributed by atoms with Crippen LogP contribution in [0.4, 0.5) is 0 Å². The maximum Gasteiger partial charge on any atom is 0.252 e. The predicted molar refractivity (Wildman–Crippen MR) is 105 cm³/mol. The largest absolute Gasteiger partial charge is 0.347 e. The van der Waals surface area contributed by atoms with Crippen molar-refractivity contribution in [2.45, 2.75) is 6.54 Å². The molecule has 4 aromatic rings. The number of aromatic nitrogens is 2. The first-order valence-electron chi connectivity index (χ1n) is 8.03. The van der Waals surface area contributed by atoms with Crippen LogP contribution >= 0.6 is 22.9 Å². The van der Waals surface area contributed by atoms with Crippen LogP contribution in [0.15, 0.2) is 66.2 Å². The summed E-state index contributed by atoms with van der Waals surface area (Å²) >= 11 is 7.75. The van der Waals surface area contributed by atoms with Crippen molar-refractivity contribution < 1.29 is 4.79 Å². The molecule has 0 bridgehead atoms. The zero-order chi connectivity index (χ0) is 17.9. The molecule has 0 radical (unpaired) electrons. The number of hydrogen-bond acceptors (Lipinski definition) is 4. The van der Waals surface area contributed by atoms with Crippen LogP contribution in [0, 0.1) is 0 Å². The number of nitrogens with zero attached hydrogens (tertiary/aromatic N) is 2. The molecule has 128 valence electrons. The summed E-state index contributed by atoms with van der Waals surface area (Å²) in [6.45, 7) is 0.486. The van der Waals surface area contributed by atoms with Crippen LogP contribution in [0.3, 0.4) is 0 Å². The zero-order valence-corrected chi connectivity index (χ0v) is 15.2. The van der Waals surface area contributed by atoms with E-state index in [0.717, 1.165) is 16.0 Å². The van der Waals surface area contributed by atoms with Crippen LogP contribution in [0.1, 0.15) is 15.2 Å². The zero-order valence-electron chi connectivity index (χ0n) is 13.6. The Labute approximate surface area is 159 Å². The van der Waals surface area contributed by atoms with E-state index in [2.05, 4.69) is 15.3 Å². The van der Waals surface area contributed by atoms with E-state index in [1.807, 2.05) is 41.8 Å². The average Bonchev–Trinajstić information content (AvgIpc) is 3.19. The molecular formula is C20H14ClN3OS. The van der Waals surface area contributed by atoms with Gasteiger partial charge < -0.3 is 5.32 Å². The molecule has 1 N–H and O–H groups in total. The van der Waals surface area contributed by atoms with Crippen molar-refractivity contribution in [1.82, 2.24) is 15.3 Å². The first-order valence-corrected chi connectivity index (χ1v) is 9.29. The van der Waals surface area contributed by atoms with Crippen molar-refractivity contribution in [1.29, 1.82) is 0 Å². The number of thiophene rings is 1. The summed E-state index contributed by atoms with van der Waals surface area (Å²) in [6, 6.07) is 16.7. The molecule has 4 rings (SSSR count).